The molecule has 1 amide bonds. The van der Waals surface area contributed by atoms with Crippen LogP contribution in [0.25, 0.3) is 0 Å². The zero-order chi connectivity index (χ0) is 16.7. The molecule has 0 bridgehead atoms. The molecule has 0 unspecified atom stereocenters. The second kappa shape index (κ2) is 7.66. The first-order valence-electron chi connectivity index (χ1n) is 7.08. The lowest BCUT2D eigenvalue weighted by molar-refractivity contribution is -0.117. The average molecular weight is 307 g/mol. The van der Waals surface area contributed by atoms with Gasteiger partial charge in [-0.25, -0.2) is 0 Å². The summed E-state index contributed by atoms with van der Waals surface area (Å²) in [5.74, 6) is -0.279. The first-order valence-corrected chi connectivity index (χ1v) is 7.08. The van der Waals surface area contributed by atoms with Gasteiger partial charge in [0.05, 0.1) is 0 Å². The van der Waals surface area contributed by atoms with Crippen LogP contribution in [0.1, 0.15) is 11.1 Å². The summed E-state index contributed by atoms with van der Waals surface area (Å²) >= 11 is 0. The van der Waals surface area contributed by atoms with Crippen molar-refractivity contribution in [3.8, 4) is 11.8 Å². The second-order valence-corrected chi connectivity index (χ2v) is 4.98. The van der Waals surface area contributed by atoms with Crippen molar-refractivity contribution in [2.75, 3.05) is 5.32 Å². The number of aromatic hydroxyl groups is 1. The molecule has 2 rings (SSSR count). The SMILES string of the molecule is Cc1cc(O)ccc1N/C=C(/C#N)C(=O)NCc1ccccc1. The van der Waals surface area contributed by atoms with Crippen LogP contribution in [0.2, 0.25) is 0 Å². The van der Waals surface area contributed by atoms with E-state index in [1.807, 2.05) is 43.3 Å². The van der Waals surface area contributed by atoms with E-state index < -0.39 is 5.91 Å². The maximum absolute atomic E-state index is 12.0. The number of carbonyl (C=O) groups is 1. The van der Waals surface area contributed by atoms with Crippen molar-refractivity contribution in [1.29, 1.82) is 5.26 Å². The van der Waals surface area contributed by atoms with E-state index in [9.17, 15) is 9.90 Å². The van der Waals surface area contributed by atoms with Gasteiger partial charge in [-0.15, -0.1) is 0 Å². The normalized spacial score (nSPS) is 10.7. The number of phenolic OH excluding ortho intramolecular Hbond substituents is 1. The van der Waals surface area contributed by atoms with Gasteiger partial charge in [-0.2, -0.15) is 5.26 Å². The lowest BCUT2D eigenvalue weighted by atomic mass is 10.2. The van der Waals surface area contributed by atoms with Crippen LogP contribution in [-0.2, 0) is 11.3 Å². The number of amides is 1. The molecule has 0 saturated carbocycles. The van der Waals surface area contributed by atoms with Crippen LogP contribution in [0.15, 0.2) is 60.3 Å². The van der Waals surface area contributed by atoms with E-state index in [4.69, 9.17) is 5.26 Å². The van der Waals surface area contributed by atoms with Crippen LogP contribution in [0.5, 0.6) is 5.75 Å². The summed E-state index contributed by atoms with van der Waals surface area (Å²) in [4.78, 5) is 12.0. The Morgan fingerprint density at radius 3 is 2.65 bits per heavy atom. The van der Waals surface area contributed by atoms with Gasteiger partial charge >= 0.3 is 0 Å². The second-order valence-electron chi connectivity index (χ2n) is 4.98. The van der Waals surface area contributed by atoms with Crippen molar-refractivity contribution in [2.24, 2.45) is 0 Å². The highest BCUT2D eigenvalue weighted by atomic mass is 16.3. The third-order valence-electron chi connectivity index (χ3n) is 3.24. The van der Waals surface area contributed by atoms with Gasteiger partial charge in [0.1, 0.15) is 17.4 Å². The topological polar surface area (TPSA) is 85.2 Å². The molecule has 0 spiro atoms. The fraction of sp³-hybridized carbons (Fsp3) is 0.111. The molecule has 116 valence electrons. The van der Waals surface area contributed by atoms with Crippen LogP contribution in [-0.4, -0.2) is 11.0 Å². The third-order valence-corrected chi connectivity index (χ3v) is 3.24. The van der Waals surface area contributed by atoms with Crippen molar-refractivity contribution in [2.45, 2.75) is 13.5 Å². The summed E-state index contributed by atoms with van der Waals surface area (Å²) in [5, 5.41) is 24.1. The molecular formula is C18H17N3O2. The monoisotopic (exact) mass is 307 g/mol. The molecule has 0 aliphatic rings. The first-order chi connectivity index (χ1) is 11.1. The molecule has 5 nitrogen and oxygen atoms in total. The molecule has 5 heteroatoms. The van der Waals surface area contributed by atoms with Crippen LogP contribution in [0.3, 0.4) is 0 Å². The number of benzene rings is 2. The number of hydrogen-bond donors (Lipinski definition) is 3. The molecule has 0 aliphatic carbocycles. The molecule has 2 aromatic rings. The minimum atomic E-state index is -0.444. The number of phenols is 1. The maximum atomic E-state index is 12.0. The molecule has 2 aromatic carbocycles. The Hall–Kier alpha value is -3.26. The maximum Gasteiger partial charge on any atom is 0.263 e. The molecular weight excluding hydrogens is 290 g/mol. The highest BCUT2D eigenvalue weighted by Crippen LogP contribution is 2.20. The number of aryl methyl sites for hydroxylation is 1. The predicted molar refractivity (Wildman–Crippen MR) is 88.5 cm³/mol. The smallest absolute Gasteiger partial charge is 0.263 e. The van der Waals surface area contributed by atoms with Crippen LogP contribution >= 0.6 is 0 Å². The summed E-state index contributed by atoms with van der Waals surface area (Å²) in [5.41, 5.74) is 2.46. The Kier molecular flexibility index (Phi) is 5.37. The molecule has 0 heterocycles. The summed E-state index contributed by atoms with van der Waals surface area (Å²) in [7, 11) is 0. The molecule has 3 N–H and O–H groups in total. The van der Waals surface area contributed by atoms with Crippen molar-refractivity contribution >= 4 is 11.6 Å². The van der Waals surface area contributed by atoms with E-state index >= 15 is 0 Å². The van der Waals surface area contributed by atoms with Crippen LogP contribution < -0.4 is 10.6 Å². The number of rotatable bonds is 5. The number of nitriles is 1. The molecule has 23 heavy (non-hydrogen) atoms. The molecule has 0 fully saturated rings. The Morgan fingerprint density at radius 1 is 1.26 bits per heavy atom. The standard InChI is InChI=1S/C18H17N3O2/c1-13-9-16(22)7-8-17(13)20-12-15(10-19)18(23)21-11-14-5-3-2-4-6-14/h2-9,12,20,22H,11H2,1H3,(H,21,23)/b15-12-. The fourth-order valence-corrected chi connectivity index (χ4v) is 1.98. The lowest BCUT2D eigenvalue weighted by Crippen LogP contribution is -2.24. The van der Waals surface area contributed by atoms with Crippen molar-refractivity contribution < 1.29 is 9.90 Å². The Morgan fingerprint density at radius 2 is 2.00 bits per heavy atom. The van der Waals surface area contributed by atoms with Crippen LogP contribution in [0, 0.1) is 18.3 Å². The van der Waals surface area contributed by atoms with Gasteiger partial charge in [0.25, 0.3) is 5.91 Å². The fourth-order valence-electron chi connectivity index (χ4n) is 1.98. The average Bonchev–Trinajstić information content (AvgIpc) is 2.56. The van der Waals surface area contributed by atoms with E-state index in [0.29, 0.717) is 12.2 Å². The van der Waals surface area contributed by atoms with Gasteiger partial charge < -0.3 is 15.7 Å². The van der Waals surface area contributed by atoms with Gasteiger partial charge in [-0.05, 0) is 36.2 Å². The zero-order valence-corrected chi connectivity index (χ0v) is 12.7. The number of nitrogens with one attached hydrogen (secondary N) is 2. The highest BCUT2D eigenvalue weighted by molar-refractivity contribution is 5.97. The lowest BCUT2D eigenvalue weighted by Gasteiger charge is -2.07. The van der Waals surface area contributed by atoms with E-state index in [-0.39, 0.29) is 11.3 Å². The van der Waals surface area contributed by atoms with Gasteiger partial charge in [0.2, 0.25) is 0 Å². The minimum absolute atomic E-state index is 0.0200. The quantitative estimate of drug-likeness (QED) is 0.450. The van der Waals surface area contributed by atoms with Gasteiger partial charge in [-0.1, -0.05) is 30.3 Å². The van der Waals surface area contributed by atoms with Gasteiger partial charge in [-0.3, -0.25) is 4.79 Å². The molecule has 0 aliphatic heterocycles. The molecule has 0 aromatic heterocycles. The first kappa shape index (κ1) is 16.1. The van der Waals surface area contributed by atoms with E-state index in [1.165, 1.54) is 12.3 Å². The number of carbonyl (C=O) groups excluding carboxylic acids is 1. The van der Waals surface area contributed by atoms with Gasteiger partial charge in [0.15, 0.2) is 0 Å². The highest BCUT2D eigenvalue weighted by Gasteiger charge is 2.08. The molecule has 0 saturated heterocycles. The zero-order valence-electron chi connectivity index (χ0n) is 12.7. The van der Waals surface area contributed by atoms with Crippen molar-refractivity contribution in [1.82, 2.24) is 5.32 Å². The summed E-state index contributed by atoms with van der Waals surface area (Å²) in [6.07, 6.45) is 1.36. The number of anilines is 1. The Bertz CT molecular complexity index is 762. The van der Waals surface area contributed by atoms with Crippen molar-refractivity contribution in [3.05, 3.63) is 71.4 Å². The molecule has 0 radical (unpaired) electrons. The minimum Gasteiger partial charge on any atom is -0.508 e. The third kappa shape index (κ3) is 4.61. The summed E-state index contributed by atoms with van der Waals surface area (Å²) in [6.45, 7) is 2.17. The Labute approximate surface area is 134 Å². The number of nitrogens with zero attached hydrogens (tertiary/aromatic N) is 1. The largest absolute Gasteiger partial charge is 0.508 e. The van der Waals surface area contributed by atoms with E-state index in [2.05, 4.69) is 10.6 Å². The van der Waals surface area contributed by atoms with Gasteiger partial charge in [0, 0.05) is 18.4 Å². The molecule has 0 atom stereocenters. The van der Waals surface area contributed by atoms with Crippen LogP contribution in [0.4, 0.5) is 5.69 Å². The van der Waals surface area contributed by atoms with E-state index in [0.717, 1.165) is 11.1 Å². The van der Waals surface area contributed by atoms with E-state index in [1.54, 1.807) is 12.1 Å². The predicted octanol–water partition coefficient (Wildman–Crippen LogP) is 2.84. The number of hydrogen-bond acceptors (Lipinski definition) is 4. The van der Waals surface area contributed by atoms with Crippen molar-refractivity contribution in [3.63, 3.8) is 0 Å². The summed E-state index contributed by atoms with van der Waals surface area (Å²) < 4.78 is 0. The Balaban J connectivity index is 2.00. The summed E-state index contributed by atoms with van der Waals surface area (Å²) in [6, 6.07) is 16.1.